The fraction of sp³-hybridized carbons (Fsp3) is 0.600. The molecule has 86 valence electrons. The van der Waals surface area contributed by atoms with Crippen molar-refractivity contribution >= 4 is 0 Å². The molecule has 3 rings (SSSR count). The van der Waals surface area contributed by atoms with E-state index < -0.39 is 0 Å². The lowest BCUT2D eigenvalue weighted by atomic mass is 9.63. The Hall–Kier alpha value is -0.980. The van der Waals surface area contributed by atoms with Crippen LogP contribution in [0.25, 0.3) is 0 Å². The summed E-state index contributed by atoms with van der Waals surface area (Å²) in [6.45, 7) is 9.25. The Morgan fingerprint density at radius 3 is 2.75 bits per heavy atom. The van der Waals surface area contributed by atoms with Gasteiger partial charge < -0.3 is 4.74 Å². The van der Waals surface area contributed by atoms with Crippen LogP contribution in [0.4, 0.5) is 0 Å². The Morgan fingerprint density at radius 1 is 1.25 bits per heavy atom. The average Bonchev–Trinajstić information content (AvgIpc) is 2.37. The molecule has 1 aromatic carbocycles. The highest BCUT2D eigenvalue weighted by atomic mass is 16.5. The molecule has 1 aromatic rings. The Bertz CT molecular complexity index is 447. The van der Waals surface area contributed by atoms with E-state index in [2.05, 4.69) is 45.9 Å². The van der Waals surface area contributed by atoms with Crippen LogP contribution in [-0.2, 0) is 5.41 Å². The van der Waals surface area contributed by atoms with E-state index >= 15 is 0 Å². The predicted molar refractivity (Wildman–Crippen MR) is 66.0 cm³/mol. The summed E-state index contributed by atoms with van der Waals surface area (Å²) in [4.78, 5) is 0. The summed E-state index contributed by atoms with van der Waals surface area (Å²) < 4.78 is 6.18. The molecular formula is C15H20O. The largest absolute Gasteiger partial charge is 0.490 e. The first-order valence-corrected chi connectivity index (χ1v) is 6.23. The number of aryl methyl sites for hydroxylation is 1. The maximum Gasteiger partial charge on any atom is 0.123 e. The summed E-state index contributed by atoms with van der Waals surface area (Å²) in [5, 5.41) is 0. The fourth-order valence-corrected chi connectivity index (χ4v) is 3.48. The van der Waals surface area contributed by atoms with Crippen molar-refractivity contribution in [2.24, 2.45) is 5.41 Å². The topological polar surface area (TPSA) is 9.23 Å². The van der Waals surface area contributed by atoms with E-state index in [1.165, 1.54) is 24.0 Å². The number of rotatable bonds is 0. The van der Waals surface area contributed by atoms with Gasteiger partial charge >= 0.3 is 0 Å². The van der Waals surface area contributed by atoms with Crippen molar-refractivity contribution in [2.45, 2.75) is 52.1 Å². The van der Waals surface area contributed by atoms with Gasteiger partial charge in [-0.15, -0.1) is 0 Å². The van der Waals surface area contributed by atoms with Crippen molar-refractivity contribution in [1.82, 2.24) is 0 Å². The summed E-state index contributed by atoms with van der Waals surface area (Å²) in [7, 11) is 0. The van der Waals surface area contributed by atoms with E-state index in [-0.39, 0.29) is 5.41 Å². The zero-order chi connectivity index (χ0) is 11.6. The van der Waals surface area contributed by atoms with Crippen molar-refractivity contribution < 1.29 is 4.74 Å². The molecule has 2 bridgehead atoms. The van der Waals surface area contributed by atoms with E-state index in [0.717, 1.165) is 5.75 Å². The standard InChI is InChI=1S/C15H20O/c1-10-5-6-11-12(9-10)16-13-7-8-15(11,4)14(13,2)3/h5-6,9,13H,7-8H2,1-4H3. The second kappa shape index (κ2) is 2.82. The maximum atomic E-state index is 6.18. The van der Waals surface area contributed by atoms with Gasteiger partial charge in [0.05, 0.1) is 0 Å². The van der Waals surface area contributed by atoms with Crippen LogP contribution in [0.15, 0.2) is 18.2 Å². The summed E-state index contributed by atoms with van der Waals surface area (Å²) in [5.41, 5.74) is 3.26. The van der Waals surface area contributed by atoms with Gasteiger partial charge in [0.1, 0.15) is 11.9 Å². The molecule has 1 aliphatic carbocycles. The lowest BCUT2D eigenvalue weighted by Gasteiger charge is -2.46. The second-order valence-electron chi connectivity index (χ2n) is 6.20. The van der Waals surface area contributed by atoms with Crippen molar-refractivity contribution in [3.05, 3.63) is 29.3 Å². The van der Waals surface area contributed by atoms with Crippen molar-refractivity contribution in [1.29, 1.82) is 0 Å². The van der Waals surface area contributed by atoms with Crippen LogP contribution in [0.2, 0.25) is 0 Å². The molecule has 16 heavy (non-hydrogen) atoms. The van der Waals surface area contributed by atoms with Crippen LogP contribution in [0.1, 0.15) is 44.7 Å². The van der Waals surface area contributed by atoms with Crippen LogP contribution in [0.3, 0.4) is 0 Å². The van der Waals surface area contributed by atoms with E-state index in [4.69, 9.17) is 4.74 Å². The number of benzene rings is 1. The molecule has 0 radical (unpaired) electrons. The highest BCUT2D eigenvalue weighted by Crippen LogP contribution is 2.60. The van der Waals surface area contributed by atoms with Crippen LogP contribution in [-0.4, -0.2) is 6.10 Å². The lowest BCUT2D eigenvalue weighted by Crippen LogP contribution is -2.46. The molecule has 1 aliphatic heterocycles. The molecule has 0 spiro atoms. The van der Waals surface area contributed by atoms with Gasteiger partial charge in [0.25, 0.3) is 0 Å². The molecule has 0 aromatic heterocycles. The van der Waals surface area contributed by atoms with Crippen LogP contribution >= 0.6 is 0 Å². The number of fused-ring (bicyclic) bond motifs is 4. The molecule has 2 unspecified atom stereocenters. The molecule has 2 atom stereocenters. The van der Waals surface area contributed by atoms with E-state index in [9.17, 15) is 0 Å². The normalized spacial score (nSPS) is 34.4. The minimum atomic E-state index is 0.259. The van der Waals surface area contributed by atoms with Crippen molar-refractivity contribution in [2.75, 3.05) is 0 Å². The number of hydrogen-bond acceptors (Lipinski definition) is 1. The summed E-state index contributed by atoms with van der Waals surface area (Å²) in [6, 6.07) is 6.68. The Labute approximate surface area is 97.8 Å². The molecule has 0 amide bonds. The monoisotopic (exact) mass is 216 g/mol. The highest BCUT2D eigenvalue weighted by molar-refractivity contribution is 5.47. The van der Waals surface area contributed by atoms with Gasteiger partial charge in [-0.2, -0.15) is 0 Å². The molecule has 1 heterocycles. The second-order valence-corrected chi connectivity index (χ2v) is 6.20. The average molecular weight is 216 g/mol. The Morgan fingerprint density at radius 2 is 2.00 bits per heavy atom. The minimum Gasteiger partial charge on any atom is -0.490 e. The van der Waals surface area contributed by atoms with E-state index in [1.807, 2.05) is 0 Å². The maximum absolute atomic E-state index is 6.18. The molecule has 1 heteroatoms. The van der Waals surface area contributed by atoms with E-state index in [1.54, 1.807) is 0 Å². The van der Waals surface area contributed by atoms with Crippen molar-refractivity contribution in [3.63, 3.8) is 0 Å². The van der Waals surface area contributed by atoms with Gasteiger partial charge in [0.15, 0.2) is 0 Å². The van der Waals surface area contributed by atoms with Crippen LogP contribution in [0, 0.1) is 12.3 Å². The molecule has 0 saturated heterocycles. The van der Waals surface area contributed by atoms with E-state index in [0.29, 0.717) is 11.5 Å². The third kappa shape index (κ3) is 1.02. The van der Waals surface area contributed by atoms with Gasteiger partial charge in [-0.1, -0.05) is 32.9 Å². The van der Waals surface area contributed by atoms with Crippen molar-refractivity contribution in [3.8, 4) is 5.75 Å². The fourth-order valence-electron chi connectivity index (χ4n) is 3.48. The smallest absolute Gasteiger partial charge is 0.123 e. The number of ether oxygens (including phenoxy) is 1. The number of hydrogen-bond donors (Lipinski definition) is 0. The lowest BCUT2D eigenvalue weighted by molar-refractivity contribution is 0.0391. The predicted octanol–water partition coefficient (Wildman–Crippen LogP) is 3.83. The minimum absolute atomic E-state index is 0.259. The summed E-state index contributed by atoms with van der Waals surface area (Å²) >= 11 is 0. The van der Waals surface area contributed by atoms with Gasteiger partial charge in [-0.3, -0.25) is 0 Å². The SMILES string of the molecule is Cc1ccc2c(c1)OC1CCC2(C)C1(C)C. The van der Waals surface area contributed by atoms with Crippen LogP contribution in [0.5, 0.6) is 5.75 Å². The molecule has 1 fully saturated rings. The molecular weight excluding hydrogens is 196 g/mol. The van der Waals surface area contributed by atoms with Gasteiger partial charge in [-0.05, 0) is 31.4 Å². The molecule has 0 N–H and O–H groups in total. The molecule has 2 aliphatic rings. The molecule has 1 saturated carbocycles. The first kappa shape index (κ1) is 10.2. The highest BCUT2D eigenvalue weighted by Gasteiger charge is 2.57. The third-order valence-electron chi connectivity index (χ3n) is 5.13. The third-order valence-corrected chi connectivity index (χ3v) is 5.13. The van der Waals surface area contributed by atoms with Gasteiger partial charge in [0, 0.05) is 16.4 Å². The quantitative estimate of drug-likeness (QED) is 0.640. The summed E-state index contributed by atoms with van der Waals surface area (Å²) in [6.07, 6.45) is 2.84. The zero-order valence-electron chi connectivity index (χ0n) is 10.6. The molecule has 1 nitrogen and oxygen atoms in total. The zero-order valence-corrected chi connectivity index (χ0v) is 10.6. The first-order chi connectivity index (χ1) is 7.45. The van der Waals surface area contributed by atoms with Gasteiger partial charge in [-0.25, -0.2) is 0 Å². The summed E-state index contributed by atoms with van der Waals surface area (Å²) in [5.74, 6) is 1.13. The van der Waals surface area contributed by atoms with Crippen LogP contribution < -0.4 is 4.74 Å². The Kier molecular flexibility index (Phi) is 1.80. The Balaban J connectivity index is 2.23. The first-order valence-electron chi connectivity index (χ1n) is 6.23. The van der Waals surface area contributed by atoms with Gasteiger partial charge in [0.2, 0.25) is 0 Å².